The van der Waals surface area contributed by atoms with Crippen molar-refractivity contribution in [3.05, 3.63) is 11.5 Å². The van der Waals surface area contributed by atoms with Gasteiger partial charge >= 0.3 is 0 Å². The summed E-state index contributed by atoms with van der Waals surface area (Å²) in [5.41, 5.74) is -0.772. The Morgan fingerprint density at radius 3 is 2.29 bits per heavy atom. The molecular formula is C10H18N2O4S. The number of hydrogen-bond donors (Lipinski definition) is 1. The van der Waals surface area contributed by atoms with Crippen molar-refractivity contribution in [2.24, 2.45) is 0 Å². The number of likely N-dealkylation sites (N-methyl/N-ethyl adjacent to an activating group) is 1. The first-order chi connectivity index (χ1) is 7.55. The summed E-state index contributed by atoms with van der Waals surface area (Å²) in [5, 5.41) is 13.3. The summed E-state index contributed by atoms with van der Waals surface area (Å²) in [6, 6.07) is 0. The molecule has 1 N–H and O–H groups in total. The zero-order chi connectivity index (χ0) is 13.4. The summed E-state index contributed by atoms with van der Waals surface area (Å²) < 4.78 is 30.4. The second-order valence-corrected chi connectivity index (χ2v) is 6.71. The Kier molecular flexibility index (Phi) is 3.66. The van der Waals surface area contributed by atoms with Gasteiger partial charge in [0.05, 0.1) is 5.60 Å². The van der Waals surface area contributed by atoms with Crippen LogP contribution in [0.15, 0.2) is 9.42 Å². The van der Waals surface area contributed by atoms with Crippen molar-refractivity contribution in [1.82, 2.24) is 9.46 Å². The second-order valence-electron chi connectivity index (χ2n) is 4.73. The van der Waals surface area contributed by atoms with E-state index in [2.05, 4.69) is 5.16 Å². The molecule has 98 valence electrons. The van der Waals surface area contributed by atoms with E-state index in [0.717, 1.165) is 4.31 Å². The van der Waals surface area contributed by atoms with E-state index in [1.807, 2.05) is 0 Å². The van der Waals surface area contributed by atoms with Gasteiger partial charge in [-0.15, -0.1) is 0 Å². The number of aryl methyl sites for hydroxylation is 2. The first-order valence-electron chi connectivity index (χ1n) is 5.17. The molecule has 6 nitrogen and oxygen atoms in total. The minimum Gasteiger partial charge on any atom is -0.389 e. The summed E-state index contributed by atoms with van der Waals surface area (Å²) in [6.07, 6.45) is 0. The summed E-state index contributed by atoms with van der Waals surface area (Å²) in [4.78, 5) is 0.0734. The zero-order valence-electron chi connectivity index (χ0n) is 10.7. The van der Waals surface area contributed by atoms with Crippen LogP contribution in [0.3, 0.4) is 0 Å². The molecule has 0 amide bonds. The molecule has 0 unspecified atom stereocenters. The number of aromatic nitrogens is 1. The van der Waals surface area contributed by atoms with Crippen LogP contribution < -0.4 is 0 Å². The molecule has 7 heteroatoms. The van der Waals surface area contributed by atoms with Crippen LogP contribution in [0.25, 0.3) is 0 Å². The molecular weight excluding hydrogens is 244 g/mol. The molecule has 0 aliphatic rings. The standard InChI is InChI=1S/C10H18N2O4S/c1-7-9(8(2)16-11-7)17(14,15)12(5)6-10(3,4)13/h13H,6H2,1-5H3. The van der Waals surface area contributed by atoms with E-state index in [1.165, 1.54) is 7.05 Å². The average Bonchev–Trinajstić information content (AvgIpc) is 2.43. The summed E-state index contributed by atoms with van der Waals surface area (Å²) >= 11 is 0. The molecule has 1 aromatic heterocycles. The lowest BCUT2D eigenvalue weighted by Gasteiger charge is -2.24. The molecule has 1 rings (SSSR count). The minimum atomic E-state index is -3.67. The van der Waals surface area contributed by atoms with Gasteiger partial charge in [-0.3, -0.25) is 0 Å². The Balaban J connectivity index is 3.13. The van der Waals surface area contributed by atoms with E-state index in [0.29, 0.717) is 5.69 Å². The van der Waals surface area contributed by atoms with Crippen LogP contribution in [0.5, 0.6) is 0 Å². The fraction of sp³-hybridized carbons (Fsp3) is 0.700. The molecule has 0 saturated carbocycles. The van der Waals surface area contributed by atoms with Crippen LogP contribution in [0, 0.1) is 13.8 Å². The number of rotatable bonds is 4. The monoisotopic (exact) mass is 262 g/mol. The molecule has 1 heterocycles. The van der Waals surface area contributed by atoms with Gasteiger partial charge in [-0.05, 0) is 27.7 Å². The fourth-order valence-electron chi connectivity index (χ4n) is 1.63. The van der Waals surface area contributed by atoms with Crippen molar-refractivity contribution in [2.75, 3.05) is 13.6 Å². The average molecular weight is 262 g/mol. The first kappa shape index (κ1) is 14.1. The predicted octanol–water partition coefficient (Wildman–Crippen LogP) is 0.683. The number of hydrogen-bond acceptors (Lipinski definition) is 5. The van der Waals surface area contributed by atoms with Gasteiger partial charge in [-0.1, -0.05) is 5.16 Å². The highest BCUT2D eigenvalue weighted by molar-refractivity contribution is 7.89. The zero-order valence-corrected chi connectivity index (χ0v) is 11.5. The van der Waals surface area contributed by atoms with Gasteiger partial charge in [0.1, 0.15) is 10.6 Å². The maximum atomic E-state index is 12.2. The third-order valence-electron chi connectivity index (χ3n) is 2.25. The van der Waals surface area contributed by atoms with E-state index in [9.17, 15) is 13.5 Å². The van der Waals surface area contributed by atoms with Crippen LogP contribution in [0.1, 0.15) is 25.3 Å². The fourth-order valence-corrected chi connectivity index (χ4v) is 3.24. The summed E-state index contributed by atoms with van der Waals surface area (Å²) in [5.74, 6) is 0.255. The maximum Gasteiger partial charge on any atom is 0.248 e. The predicted molar refractivity (Wildman–Crippen MR) is 62.1 cm³/mol. The van der Waals surface area contributed by atoms with Crippen molar-refractivity contribution in [3.63, 3.8) is 0 Å². The Morgan fingerprint density at radius 2 is 1.94 bits per heavy atom. The van der Waals surface area contributed by atoms with Crippen LogP contribution >= 0.6 is 0 Å². The van der Waals surface area contributed by atoms with E-state index >= 15 is 0 Å². The Bertz CT molecular complexity index is 479. The van der Waals surface area contributed by atoms with Gasteiger partial charge < -0.3 is 9.63 Å². The third kappa shape index (κ3) is 3.05. The largest absolute Gasteiger partial charge is 0.389 e. The van der Waals surface area contributed by atoms with E-state index in [-0.39, 0.29) is 17.2 Å². The molecule has 0 aromatic carbocycles. The molecule has 0 aliphatic carbocycles. The van der Waals surface area contributed by atoms with Crippen LogP contribution in [0.4, 0.5) is 0 Å². The van der Waals surface area contributed by atoms with Crippen molar-refractivity contribution >= 4 is 10.0 Å². The highest BCUT2D eigenvalue weighted by atomic mass is 32.2. The highest BCUT2D eigenvalue weighted by Crippen LogP contribution is 2.23. The van der Waals surface area contributed by atoms with Gasteiger partial charge in [0, 0.05) is 13.6 Å². The Morgan fingerprint density at radius 1 is 1.41 bits per heavy atom. The minimum absolute atomic E-state index is 0.000602. The van der Waals surface area contributed by atoms with Crippen molar-refractivity contribution < 1.29 is 18.0 Å². The van der Waals surface area contributed by atoms with Crippen molar-refractivity contribution in [3.8, 4) is 0 Å². The first-order valence-corrected chi connectivity index (χ1v) is 6.61. The molecule has 0 spiro atoms. The van der Waals surface area contributed by atoms with Crippen molar-refractivity contribution in [1.29, 1.82) is 0 Å². The normalized spacial score (nSPS) is 13.4. The lowest BCUT2D eigenvalue weighted by Crippen LogP contribution is -2.39. The number of aliphatic hydroxyl groups is 1. The number of nitrogens with zero attached hydrogens (tertiary/aromatic N) is 2. The Labute approximate surface area is 101 Å². The Hall–Kier alpha value is -0.920. The van der Waals surface area contributed by atoms with Gasteiger partial charge in [-0.2, -0.15) is 4.31 Å². The molecule has 0 fully saturated rings. The van der Waals surface area contributed by atoms with Gasteiger partial charge in [0.2, 0.25) is 10.0 Å². The maximum absolute atomic E-state index is 12.2. The molecule has 0 atom stereocenters. The lowest BCUT2D eigenvalue weighted by molar-refractivity contribution is 0.0639. The van der Waals surface area contributed by atoms with Crippen LogP contribution in [-0.4, -0.2) is 42.2 Å². The van der Waals surface area contributed by atoms with E-state index < -0.39 is 15.6 Å². The molecule has 17 heavy (non-hydrogen) atoms. The van der Waals surface area contributed by atoms with Crippen molar-refractivity contribution in [2.45, 2.75) is 38.2 Å². The van der Waals surface area contributed by atoms with Gasteiger partial charge in [-0.25, -0.2) is 8.42 Å². The van der Waals surface area contributed by atoms with Crippen LogP contribution in [0.2, 0.25) is 0 Å². The molecule has 0 saturated heterocycles. The number of sulfonamides is 1. The third-order valence-corrected chi connectivity index (χ3v) is 4.29. The highest BCUT2D eigenvalue weighted by Gasteiger charge is 2.31. The SMILES string of the molecule is Cc1noc(C)c1S(=O)(=O)N(C)CC(C)(C)O. The summed E-state index contributed by atoms with van der Waals surface area (Å²) in [6.45, 7) is 6.21. The van der Waals surface area contributed by atoms with E-state index in [4.69, 9.17) is 4.52 Å². The second kappa shape index (κ2) is 4.40. The topological polar surface area (TPSA) is 83.6 Å². The van der Waals surface area contributed by atoms with E-state index in [1.54, 1.807) is 27.7 Å². The van der Waals surface area contributed by atoms with Gasteiger partial charge in [0.25, 0.3) is 0 Å². The molecule has 0 aliphatic heterocycles. The molecule has 1 aromatic rings. The van der Waals surface area contributed by atoms with Crippen LogP contribution in [-0.2, 0) is 10.0 Å². The molecule has 0 radical (unpaired) electrons. The van der Waals surface area contributed by atoms with Gasteiger partial charge in [0.15, 0.2) is 5.76 Å². The molecule has 0 bridgehead atoms. The quantitative estimate of drug-likeness (QED) is 0.862. The lowest BCUT2D eigenvalue weighted by atomic mass is 10.1. The smallest absolute Gasteiger partial charge is 0.248 e. The summed E-state index contributed by atoms with van der Waals surface area (Å²) in [7, 11) is -2.26.